The molecule has 1 aromatic rings. The lowest BCUT2D eigenvalue weighted by atomic mass is 10.2. The van der Waals surface area contributed by atoms with Crippen LogP contribution in [-0.2, 0) is 4.74 Å². The van der Waals surface area contributed by atoms with Gasteiger partial charge in [-0.1, -0.05) is 0 Å². The number of nitrogens with zero attached hydrogens (tertiary/aromatic N) is 1. The Labute approximate surface area is 115 Å². The first-order valence-electron chi connectivity index (χ1n) is 5.79. The molecule has 1 aliphatic heterocycles. The van der Waals surface area contributed by atoms with Gasteiger partial charge in [0.1, 0.15) is 4.88 Å². The Hall–Kier alpha value is -0.880. The topological polar surface area (TPSA) is 55.6 Å². The third kappa shape index (κ3) is 2.75. The Morgan fingerprint density at radius 2 is 2.28 bits per heavy atom. The number of methoxy groups -OCH3 is 1. The van der Waals surface area contributed by atoms with Crippen molar-refractivity contribution >= 4 is 39.8 Å². The fourth-order valence-corrected chi connectivity index (χ4v) is 4.14. The van der Waals surface area contributed by atoms with E-state index in [0.717, 1.165) is 23.8 Å². The van der Waals surface area contributed by atoms with Gasteiger partial charge in [0.2, 0.25) is 0 Å². The van der Waals surface area contributed by atoms with E-state index >= 15 is 0 Å². The molecule has 4 nitrogen and oxygen atoms in total. The van der Waals surface area contributed by atoms with Crippen molar-refractivity contribution in [3.05, 3.63) is 10.9 Å². The van der Waals surface area contributed by atoms with Crippen LogP contribution in [0.4, 0.5) is 10.7 Å². The molecule has 0 radical (unpaired) electrons. The number of nitrogen functional groups attached to an aromatic ring is 1. The molecule has 2 rings (SSSR count). The smallest absolute Gasteiger partial charge is 0.350 e. The maximum Gasteiger partial charge on any atom is 0.350 e. The van der Waals surface area contributed by atoms with Crippen LogP contribution < -0.4 is 10.6 Å². The summed E-state index contributed by atoms with van der Waals surface area (Å²) in [5, 5.41) is 1.06. The standard InChI is InChI=1S/C12H18N2O2S2/c1-12(2)7-14(4-5-17-12)9-6-8(13)10(18-9)11(15)16-3/h6H,4-5,7,13H2,1-3H3. The molecule has 100 valence electrons. The molecule has 0 aliphatic carbocycles. The molecule has 18 heavy (non-hydrogen) atoms. The second-order valence-corrected chi connectivity index (χ2v) is 7.72. The normalized spacial score (nSPS) is 18.7. The first-order valence-corrected chi connectivity index (χ1v) is 7.60. The SMILES string of the molecule is COC(=O)c1sc(N2CCSC(C)(C)C2)cc1N. The second-order valence-electron chi connectivity index (χ2n) is 4.89. The van der Waals surface area contributed by atoms with E-state index in [2.05, 4.69) is 18.7 Å². The highest BCUT2D eigenvalue weighted by Gasteiger charge is 2.29. The van der Waals surface area contributed by atoms with Crippen LogP contribution in [0.3, 0.4) is 0 Å². The minimum atomic E-state index is -0.352. The summed E-state index contributed by atoms with van der Waals surface area (Å²) >= 11 is 3.40. The Balaban J connectivity index is 2.21. The van der Waals surface area contributed by atoms with Crippen molar-refractivity contribution in [2.45, 2.75) is 18.6 Å². The monoisotopic (exact) mass is 286 g/mol. The van der Waals surface area contributed by atoms with Crippen molar-refractivity contribution in [3.63, 3.8) is 0 Å². The van der Waals surface area contributed by atoms with Crippen LogP contribution in [0.2, 0.25) is 0 Å². The number of thioether (sulfide) groups is 1. The Bertz CT molecular complexity index is 457. The summed E-state index contributed by atoms with van der Waals surface area (Å²) in [4.78, 5) is 14.3. The van der Waals surface area contributed by atoms with Crippen molar-refractivity contribution < 1.29 is 9.53 Å². The largest absolute Gasteiger partial charge is 0.465 e. The molecule has 2 heterocycles. The molecule has 1 aromatic heterocycles. The predicted octanol–water partition coefficient (Wildman–Crippen LogP) is 2.45. The van der Waals surface area contributed by atoms with Gasteiger partial charge in [0.25, 0.3) is 0 Å². The van der Waals surface area contributed by atoms with Gasteiger partial charge < -0.3 is 15.4 Å². The van der Waals surface area contributed by atoms with Crippen molar-refractivity contribution in [1.82, 2.24) is 0 Å². The number of ether oxygens (including phenoxy) is 1. The highest BCUT2D eigenvalue weighted by Crippen LogP contribution is 2.37. The minimum absolute atomic E-state index is 0.239. The molecule has 1 saturated heterocycles. The molecule has 0 amide bonds. The fourth-order valence-electron chi connectivity index (χ4n) is 2.00. The Morgan fingerprint density at radius 3 is 2.89 bits per heavy atom. The molecule has 6 heteroatoms. The van der Waals surface area contributed by atoms with Gasteiger partial charge in [0.15, 0.2) is 0 Å². The molecule has 0 aromatic carbocycles. The molecule has 1 aliphatic rings. The number of anilines is 2. The van der Waals surface area contributed by atoms with E-state index in [1.165, 1.54) is 18.4 Å². The van der Waals surface area contributed by atoms with E-state index in [9.17, 15) is 4.79 Å². The van der Waals surface area contributed by atoms with Gasteiger partial charge in [0, 0.05) is 23.6 Å². The number of rotatable bonds is 2. The van der Waals surface area contributed by atoms with Crippen LogP contribution in [0.1, 0.15) is 23.5 Å². The van der Waals surface area contributed by atoms with Crippen molar-refractivity contribution in [1.29, 1.82) is 0 Å². The number of hydrogen-bond donors (Lipinski definition) is 1. The van der Waals surface area contributed by atoms with E-state index in [1.807, 2.05) is 17.8 Å². The van der Waals surface area contributed by atoms with Crippen molar-refractivity contribution in [2.75, 3.05) is 36.6 Å². The van der Waals surface area contributed by atoms with Crippen LogP contribution in [0.5, 0.6) is 0 Å². The van der Waals surface area contributed by atoms with Crippen molar-refractivity contribution in [2.24, 2.45) is 0 Å². The van der Waals surface area contributed by atoms with E-state index in [4.69, 9.17) is 10.5 Å². The summed E-state index contributed by atoms with van der Waals surface area (Å²) in [6, 6.07) is 1.88. The summed E-state index contributed by atoms with van der Waals surface area (Å²) in [5.41, 5.74) is 6.38. The van der Waals surface area contributed by atoms with Crippen LogP contribution in [0, 0.1) is 0 Å². The quantitative estimate of drug-likeness (QED) is 0.846. The zero-order chi connectivity index (χ0) is 13.3. The van der Waals surface area contributed by atoms with E-state index in [1.54, 1.807) is 0 Å². The zero-order valence-corrected chi connectivity index (χ0v) is 12.5. The van der Waals surface area contributed by atoms with Crippen LogP contribution in [0.25, 0.3) is 0 Å². The van der Waals surface area contributed by atoms with Gasteiger partial charge >= 0.3 is 5.97 Å². The van der Waals surface area contributed by atoms with E-state index in [-0.39, 0.29) is 10.7 Å². The zero-order valence-electron chi connectivity index (χ0n) is 10.9. The van der Waals surface area contributed by atoms with Gasteiger partial charge in [-0.05, 0) is 19.9 Å². The van der Waals surface area contributed by atoms with Crippen LogP contribution >= 0.6 is 23.1 Å². The number of carbonyl (C=O) groups is 1. The van der Waals surface area contributed by atoms with Gasteiger partial charge in [-0.3, -0.25) is 0 Å². The number of thiophene rings is 1. The Kier molecular flexibility index (Phi) is 3.77. The van der Waals surface area contributed by atoms with E-state index in [0.29, 0.717) is 10.6 Å². The summed E-state index contributed by atoms with van der Waals surface area (Å²) in [6.45, 7) is 6.44. The molecule has 0 atom stereocenters. The third-order valence-electron chi connectivity index (χ3n) is 2.86. The molecule has 1 fully saturated rings. The lowest BCUT2D eigenvalue weighted by molar-refractivity contribution is 0.0607. The van der Waals surface area contributed by atoms with Gasteiger partial charge in [-0.15, -0.1) is 11.3 Å². The Morgan fingerprint density at radius 1 is 1.56 bits per heavy atom. The summed E-state index contributed by atoms with van der Waals surface area (Å²) in [6.07, 6.45) is 0. The average molecular weight is 286 g/mol. The molecule has 2 N–H and O–H groups in total. The highest BCUT2D eigenvalue weighted by atomic mass is 32.2. The van der Waals surface area contributed by atoms with E-state index < -0.39 is 0 Å². The molecule has 0 bridgehead atoms. The first kappa shape index (κ1) is 13.5. The molecular formula is C12H18N2O2S2. The minimum Gasteiger partial charge on any atom is -0.465 e. The highest BCUT2D eigenvalue weighted by molar-refractivity contribution is 8.00. The van der Waals surface area contributed by atoms with Gasteiger partial charge in [-0.2, -0.15) is 11.8 Å². The number of nitrogens with two attached hydrogens (primary N) is 1. The fraction of sp³-hybridized carbons (Fsp3) is 0.583. The lowest BCUT2D eigenvalue weighted by Gasteiger charge is -2.38. The van der Waals surface area contributed by atoms with Gasteiger partial charge in [0.05, 0.1) is 17.8 Å². The molecule has 0 unspecified atom stereocenters. The number of hydrogen-bond acceptors (Lipinski definition) is 6. The van der Waals surface area contributed by atoms with Crippen LogP contribution in [0.15, 0.2) is 6.07 Å². The third-order valence-corrected chi connectivity index (χ3v) is 5.34. The summed E-state index contributed by atoms with van der Waals surface area (Å²) in [5.74, 6) is 0.743. The average Bonchev–Trinajstić information content (AvgIpc) is 2.69. The lowest BCUT2D eigenvalue weighted by Crippen LogP contribution is -2.42. The van der Waals surface area contributed by atoms with Gasteiger partial charge in [-0.25, -0.2) is 4.79 Å². The molecular weight excluding hydrogens is 268 g/mol. The molecule has 0 saturated carbocycles. The summed E-state index contributed by atoms with van der Waals surface area (Å²) in [7, 11) is 1.38. The van der Waals surface area contributed by atoms with Crippen LogP contribution in [-0.4, -0.2) is 36.7 Å². The van der Waals surface area contributed by atoms with Crippen molar-refractivity contribution in [3.8, 4) is 0 Å². The number of carbonyl (C=O) groups excluding carboxylic acids is 1. The maximum absolute atomic E-state index is 11.5. The molecule has 0 spiro atoms. The summed E-state index contributed by atoms with van der Waals surface area (Å²) < 4.78 is 4.97. The maximum atomic E-state index is 11.5. The second kappa shape index (κ2) is 5.01. The predicted molar refractivity (Wildman–Crippen MR) is 78.8 cm³/mol. The number of esters is 1. The first-order chi connectivity index (χ1) is 8.43.